The molecule has 0 aliphatic carbocycles. The van der Waals surface area contributed by atoms with E-state index in [1.165, 1.54) is 12.1 Å². The molecule has 2 aliphatic heterocycles. The third kappa shape index (κ3) is 4.82. The summed E-state index contributed by atoms with van der Waals surface area (Å²) in [5.74, 6) is -0.307. The van der Waals surface area contributed by atoms with Crippen molar-refractivity contribution in [1.29, 1.82) is 0 Å². The van der Waals surface area contributed by atoms with Crippen LogP contribution in [0, 0.1) is 11.7 Å². The molecule has 2 aliphatic rings. The maximum atomic E-state index is 13.3. The lowest BCUT2D eigenvalue weighted by molar-refractivity contribution is -0.126. The van der Waals surface area contributed by atoms with Gasteiger partial charge in [0.25, 0.3) is 0 Å². The van der Waals surface area contributed by atoms with Crippen LogP contribution in [0.4, 0.5) is 4.39 Å². The predicted molar refractivity (Wildman–Crippen MR) is 111 cm³/mol. The van der Waals surface area contributed by atoms with Crippen LogP contribution in [0.15, 0.2) is 70.6 Å². The fourth-order valence-electron chi connectivity index (χ4n) is 3.39. The minimum Gasteiger partial charge on any atom is -0.370 e. The fourth-order valence-corrected chi connectivity index (χ4v) is 3.39. The van der Waals surface area contributed by atoms with Crippen molar-refractivity contribution in [2.45, 2.75) is 26.3 Å². The number of aliphatic imine (C=N–C) groups is 2. The summed E-state index contributed by atoms with van der Waals surface area (Å²) in [6, 6.07) is 6.30. The van der Waals surface area contributed by atoms with Gasteiger partial charge in [-0.3, -0.25) is 14.8 Å². The maximum Gasteiger partial charge on any atom is 0.223 e. The quantitative estimate of drug-likeness (QED) is 0.848. The summed E-state index contributed by atoms with van der Waals surface area (Å²) in [7, 11) is 0. The minimum atomic E-state index is -0.290. The molecule has 1 amide bonds. The summed E-state index contributed by atoms with van der Waals surface area (Å²) >= 11 is 0. The van der Waals surface area contributed by atoms with E-state index in [4.69, 9.17) is 0 Å². The molecule has 0 radical (unpaired) electrons. The number of benzene rings is 1. The number of hydrogen-bond donors (Lipinski definition) is 1. The van der Waals surface area contributed by atoms with Crippen LogP contribution in [0.25, 0.3) is 0 Å². The van der Waals surface area contributed by atoms with Crippen molar-refractivity contribution in [2.75, 3.05) is 13.1 Å². The van der Waals surface area contributed by atoms with Gasteiger partial charge in [0.15, 0.2) is 0 Å². The van der Waals surface area contributed by atoms with Gasteiger partial charge in [0.05, 0.1) is 11.4 Å². The molecule has 1 saturated heterocycles. The molecule has 28 heavy (non-hydrogen) atoms. The van der Waals surface area contributed by atoms with Crippen LogP contribution >= 0.6 is 0 Å². The summed E-state index contributed by atoms with van der Waals surface area (Å²) in [5.41, 5.74) is 3.18. The van der Waals surface area contributed by atoms with E-state index in [1.807, 2.05) is 25.1 Å². The molecule has 0 atom stereocenters. The molecule has 1 aromatic rings. The molecule has 146 valence electrons. The van der Waals surface area contributed by atoms with Crippen molar-refractivity contribution in [1.82, 2.24) is 10.2 Å². The molecule has 5 nitrogen and oxygen atoms in total. The number of allylic oxidation sites excluding steroid dienone is 2. The van der Waals surface area contributed by atoms with E-state index in [9.17, 15) is 9.18 Å². The molecule has 0 bridgehead atoms. The van der Waals surface area contributed by atoms with Gasteiger partial charge in [0.2, 0.25) is 5.91 Å². The van der Waals surface area contributed by atoms with Crippen LogP contribution in [-0.2, 0) is 11.3 Å². The van der Waals surface area contributed by atoms with Gasteiger partial charge in [-0.15, -0.1) is 0 Å². The zero-order chi connectivity index (χ0) is 19.9. The molecule has 1 fully saturated rings. The standard InChI is InChI=1S/C22H25FN4O/c1-3-10-25-21-16(2)24-11-7-20(21)27-12-8-18(9-13-27)22(28)26-15-17-5-4-6-19(23)14-17/h3-7,10-11,14,18H,2,8-9,12-13,15H2,1H3,(H,26,28)/b10-3-,25-21?. The normalized spacial score (nSPS) is 19.4. The highest BCUT2D eigenvalue weighted by Crippen LogP contribution is 2.24. The Morgan fingerprint density at radius 3 is 2.93 bits per heavy atom. The predicted octanol–water partition coefficient (Wildman–Crippen LogP) is 3.61. The summed E-state index contributed by atoms with van der Waals surface area (Å²) < 4.78 is 13.3. The van der Waals surface area contributed by atoms with Gasteiger partial charge in [-0.05, 0) is 43.5 Å². The number of carbonyl (C=O) groups excluding carboxylic acids is 1. The van der Waals surface area contributed by atoms with Crippen LogP contribution in [0.1, 0.15) is 25.3 Å². The number of likely N-dealkylation sites (tertiary alicyclic amines) is 1. The molecule has 0 aromatic heterocycles. The molecule has 2 heterocycles. The first-order valence-corrected chi connectivity index (χ1v) is 9.48. The Bertz CT molecular complexity index is 861. The van der Waals surface area contributed by atoms with Crippen molar-refractivity contribution in [3.8, 4) is 0 Å². The number of dihydropyridines is 1. The Kier molecular flexibility index (Phi) is 6.53. The number of hydrogen-bond acceptors (Lipinski definition) is 4. The van der Waals surface area contributed by atoms with E-state index in [0.29, 0.717) is 12.2 Å². The van der Waals surface area contributed by atoms with Gasteiger partial charge in [0, 0.05) is 38.0 Å². The molecule has 3 rings (SSSR count). The van der Waals surface area contributed by atoms with Crippen molar-refractivity contribution in [3.63, 3.8) is 0 Å². The Labute approximate surface area is 165 Å². The zero-order valence-electron chi connectivity index (χ0n) is 16.1. The zero-order valence-corrected chi connectivity index (χ0v) is 16.1. The lowest BCUT2D eigenvalue weighted by Gasteiger charge is -2.35. The number of nitrogens with zero attached hydrogens (tertiary/aromatic N) is 3. The van der Waals surface area contributed by atoms with Crippen LogP contribution in [0.5, 0.6) is 0 Å². The van der Waals surface area contributed by atoms with Crippen molar-refractivity contribution in [3.05, 3.63) is 72.0 Å². The minimum absolute atomic E-state index is 0.0234. The van der Waals surface area contributed by atoms with Gasteiger partial charge in [-0.2, -0.15) is 0 Å². The van der Waals surface area contributed by atoms with Gasteiger partial charge < -0.3 is 10.2 Å². The van der Waals surface area contributed by atoms with E-state index < -0.39 is 0 Å². The van der Waals surface area contributed by atoms with E-state index in [2.05, 4.69) is 26.8 Å². The monoisotopic (exact) mass is 380 g/mol. The SMILES string of the molecule is C=C1N=CC=C(N2CCC(C(=O)NCc3cccc(F)c3)CC2)C1=N/C=C\C. The van der Waals surface area contributed by atoms with Crippen molar-refractivity contribution < 1.29 is 9.18 Å². The summed E-state index contributed by atoms with van der Waals surface area (Å²) in [6.07, 6.45) is 8.80. The van der Waals surface area contributed by atoms with Gasteiger partial charge in [0.1, 0.15) is 11.5 Å². The molecule has 0 spiro atoms. The number of nitrogens with one attached hydrogen (secondary N) is 1. The highest BCUT2D eigenvalue weighted by Gasteiger charge is 2.28. The highest BCUT2D eigenvalue weighted by atomic mass is 19.1. The molecular weight excluding hydrogens is 355 g/mol. The molecule has 6 heteroatoms. The van der Waals surface area contributed by atoms with Gasteiger partial charge in [-0.25, -0.2) is 4.39 Å². The Balaban J connectivity index is 1.56. The van der Waals surface area contributed by atoms with E-state index in [0.717, 1.165) is 42.9 Å². The Hall–Kier alpha value is -3.02. The smallest absolute Gasteiger partial charge is 0.223 e. The second-order valence-electron chi connectivity index (χ2n) is 6.85. The average Bonchev–Trinajstić information content (AvgIpc) is 2.71. The third-order valence-corrected chi connectivity index (χ3v) is 4.89. The number of halogens is 1. The maximum absolute atomic E-state index is 13.3. The lowest BCUT2D eigenvalue weighted by atomic mass is 9.94. The Morgan fingerprint density at radius 2 is 2.21 bits per heavy atom. The van der Waals surface area contributed by atoms with Gasteiger partial charge in [-0.1, -0.05) is 24.8 Å². The van der Waals surface area contributed by atoms with Crippen molar-refractivity contribution in [2.24, 2.45) is 15.9 Å². The fraction of sp³-hybridized carbons (Fsp3) is 0.318. The second-order valence-corrected chi connectivity index (χ2v) is 6.85. The molecule has 1 aromatic carbocycles. The number of piperidine rings is 1. The second kappa shape index (κ2) is 9.26. The summed E-state index contributed by atoms with van der Waals surface area (Å²) in [6.45, 7) is 7.76. The lowest BCUT2D eigenvalue weighted by Crippen LogP contribution is -2.41. The third-order valence-electron chi connectivity index (χ3n) is 4.89. The molecule has 0 saturated carbocycles. The van der Waals surface area contributed by atoms with Crippen LogP contribution in [0.3, 0.4) is 0 Å². The number of carbonyl (C=O) groups is 1. The number of amides is 1. The van der Waals surface area contributed by atoms with E-state index in [1.54, 1.807) is 18.5 Å². The molecule has 1 N–H and O–H groups in total. The molecular formula is C22H25FN4O. The summed E-state index contributed by atoms with van der Waals surface area (Å²) in [4.78, 5) is 23.4. The van der Waals surface area contributed by atoms with Gasteiger partial charge >= 0.3 is 0 Å². The van der Waals surface area contributed by atoms with Crippen LogP contribution in [-0.4, -0.2) is 35.8 Å². The topological polar surface area (TPSA) is 57.1 Å². The average molecular weight is 380 g/mol. The highest BCUT2D eigenvalue weighted by molar-refractivity contribution is 6.16. The van der Waals surface area contributed by atoms with Crippen LogP contribution < -0.4 is 5.32 Å². The Morgan fingerprint density at radius 1 is 1.43 bits per heavy atom. The first kappa shape index (κ1) is 19.7. The first-order chi connectivity index (χ1) is 13.6. The van der Waals surface area contributed by atoms with Crippen LogP contribution in [0.2, 0.25) is 0 Å². The van der Waals surface area contributed by atoms with E-state index in [-0.39, 0.29) is 17.6 Å². The largest absolute Gasteiger partial charge is 0.370 e. The number of rotatable bonds is 5. The van der Waals surface area contributed by atoms with Crippen molar-refractivity contribution >= 4 is 17.8 Å². The first-order valence-electron chi connectivity index (χ1n) is 9.48. The summed E-state index contributed by atoms with van der Waals surface area (Å²) in [5, 5.41) is 2.93. The molecule has 0 unspecified atom stereocenters. The van der Waals surface area contributed by atoms with E-state index >= 15 is 0 Å².